The molecule has 0 aliphatic carbocycles. The maximum Gasteiger partial charge on any atom is 0.289 e. The van der Waals surface area contributed by atoms with E-state index < -0.39 is 0 Å². The minimum absolute atomic E-state index is 0.0423. The summed E-state index contributed by atoms with van der Waals surface area (Å²) in [4.78, 5) is 28.4. The van der Waals surface area contributed by atoms with Crippen molar-refractivity contribution in [2.24, 2.45) is 0 Å². The van der Waals surface area contributed by atoms with Gasteiger partial charge in [-0.1, -0.05) is 12.1 Å². The minimum Gasteiger partial charge on any atom is -0.451 e. The molecule has 1 aromatic heterocycles. The lowest BCUT2D eigenvalue weighted by Crippen LogP contribution is -2.53. The van der Waals surface area contributed by atoms with E-state index in [1.807, 2.05) is 35.2 Å². The fourth-order valence-corrected chi connectivity index (χ4v) is 4.00. The number of benzene rings is 1. The average molecular weight is 353 g/mol. The third-order valence-electron chi connectivity index (χ3n) is 5.42. The Bertz CT molecular complexity index is 830. The van der Waals surface area contributed by atoms with Gasteiger partial charge < -0.3 is 14.6 Å². The Morgan fingerprint density at radius 2 is 1.85 bits per heavy atom. The zero-order chi connectivity index (χ0) is 18.3. The fraction of sp³-hybridized carbons (Fsp3) is 0.400. The molecule has 6 heteroatoms. The summed E-state index contributed by atoms with van der Waals surface area (Å²) < 4.78 is 5.84. The number of anilines is 1. The number of rotatable bonds is 3. The number of hydrogen-bond donors (Lipinski definition) is 1. The van der Waals surface area contributed by atoms with Crippen LogP contribution in [0.5, 0.6) is 0 Å². The van der Waals surface area contributed by atoms with Crippen LogP contribution in [-0.2, 0) is 4.79 Å². The number of nitrogens with zero attached hydrogens (tertiary/aromatic N) is 2. The number of carbonyl (C=O) groups excluding carboxylic acids is 2. The molecule has 3 heterocycles. The molecular weight excluding hydrogens is 330 g/mol. The number of carbonyl (C=O) groups is 2. The van der Waals surface area contributed by atoms with Gasteiger partial charge in [0.05, 0.1) is 0 Å². The molecule has 2 fully saturated rings. The zero-order valence-electron chi connectivity index (χ0n) is 15.1. The van der Waals surface area contributed by atoms with Crippen molar-refractivity contribution in [3.63, 3.8) is 0 Å². The lowest BCUT2D eigenvalue weighted by molar-refractivity contribution is -0.114. The van der Waals surface area contributed by atoms with Crippen LogP contribution in [0.15, 0.2) is 40.8 Å². The quantitative estimate of drug-likeness (QED) is 0.921. The second kappa shape index (κ2) is 6.61. The number of nitrogens with one attached hydrogen (secondary N) is 1. The number of fused-ring (bicyclic) bond motifs is 2. The molecule has 2 aromatic rings. The number of amides is 2. The first-order valence-electron chi connectivity index (χ1n) is 9.00. The van der Waals surface area contributed by atoms with Crippen molar-refractivity contribution in [3.8, 4) is 11.3 Å². The molecule has 2 saturated heterocycles. The monoisotopic (exact) mass is 353 g/mol. The first-order chi connectivity index (χ1) is 12.5. The maximum absolute atomic E-state index is 12.8. The molecule has 6 nitrogen and oxygen atoms in total. The summed E-state index contributed by atoms with van der Waals surface area (Å²) in [5, 5.41) is 2.76. The second-order valence-corrected chi connectivity index (χ2v) is 7.19. The van der Waals surface area contributed by atoms with E-state index in [2.05, 4.69) is 17.3 Å². The van der Waals surface area contributed by atoms with Crippen LogP contribution in [0.3, 0.4) is 0 Å². The smallest absolute Gasteiger partial charge is 0.289 e. The molecule has 2 unspecified atom stereocenters. The summed E-state index contributed by atoms with van der Waals surface area (Å²) in [5.41, 5.74) is 1.53. The molecule has 26 heavy (non-hydrogen) atoms. The van der Waals surface area contributed by atoms with Crippen molar-refractivity contribution in [1.29, 1.82) is 0 Å². The molecule has 1 N–H and O–H groups in total. The number of furan rings is 1. The van der Waals surface area contributed by atoms with Crippen molar-refractivity contribution >= 4 is 17.5 Å². The SMILES string of the molecule is CC(=O)Nc1cccc(-c2ccc(C(=O)N3CC4CCC(C3)N4C)o2)c1. The van der Waals surface area contributed by atoms with Gasteiger partial charge in [-0.2, -0.15) is 0 Å². The highest BCUT2D eigenvalue weighted by Gasteiger charge is 2.39. The van der Waals surface area contributed by atoms with Gasteiger partial charge in [-0.3, -0.25) is 14.5 Å². The Morgan fingerprint density at radius 1 is 1.12 bits per heavy atom. The first-order valence-corrected chi connectivity index (χ1v) is 9.00. The van der Waals surface area contributed by atoms with Crippen LogP contribution >= 0.6 is 0 Å². The van der Waals surface area contributed by atoms with Crippen molar-refractivity contribution in [1.82, 2.24) is 9.80 Å². The Hall–Kier alpha value is -2.60. The van der Waals surface area contributed by atoms with Gasteiger partial charge in [0, 0.05) is 43.3 Å². The highest BCUT2D eigenvalue weighted by atomic mass is 16.4. The Balaban J connectivity index is 1.51. The molecule has 1 aromatic carbocycles. The van der Waals surface area contributed by atoms with Gasteiger partial charge in [0.15, 0.2) is 5.76 Å². The number of hydrogen-bond acceptors (Lipinski definition) is 4. The molecule has 2 bridgehead atoms. The topological polar surface area (TPSA) is 65.8 Å². The van der Waals surface area contributed by atoms with Gasteiger partial charge >= 0.3 is 0 Å². The fourth-order valence-electron chi connectivity index (χ4n) is 4.00. The van der Waals surface area contributed by atoms with E-state index in [1.54, 1.807) is 6.07 Å². The Labute approximate surface area is 152 Å². The molecule has 0 spiro atoms. The van der Waals surface area contributed by atoms with Crippen LogP contribution in [0.2, 0.25) is 0 Å². The molecule has 136 valence electrons. The summed E-state index contributed by atoms with van der Waals surface area (Å²) in [6.45, 7) is 3.00. The molecular formula is C20H23N3O3. The first kappa shape index (κ1) is 16.8. The van der Waals surface area contributed by atoms with E-state index in [0.29, 0.717) is 29.3 Å². The summed E-state index contributed by atoms with van der Waals surface area (Å²) in [6.07, 6.45) is 2.31. The van der Waals surface area contributed by atoms with E-state index in [-0.39, 0.29) is 11.8 Å². The summed E-state index contributed by atoms with van der Waals surface area (Å²) in [7, 11) is 2.15. The molecule has 4 rings (SSSR count). The highest BCUT2D eigenvalue weighted by Crippen LogP contribution is 2.30. The molecule has 2 amide bonds. The molecule has 0 radical (unpaired) electrons. The maximum atomic E-state index is 12.8. The predicted molar refractivity (Wildman–Crippen MR) is 98.9 cm³/mol. The molecule has 2 aliphatic rings. The number of likely N-dealkylation sites (tertiary alicyclic amines) is 1. The van der Waals surface area contributed by atoms with Gasteiger partial charge in [0.2, 0.25) is 5.91 Å². The van der Waals surface area contributed by atoms with E-state index >= 15 is 0 Å². The summed E-state index contributed by atoms with van der Waals surface area (Å²) in [5.74, 6) is 0.827. The van der Waals surface area contributed by atoms with Gasteiger partial charge in [-0.05, 0) is 44.2 Å². The van der Waals surface area contributed by atoms with Crippen molar-refractivity contribution in [2.75, 3.05) is 25.5 Å². The molecule has 0 saturated carbocycles. The second-order valence-electron chi connectivity index (χ2n) is 7.19. The lowest BCUT2D eigenvalue weighted by Gasteiger charge is -2.38. The predicted octanol–water partition coefficient (Wildman–Crippen LogP) is 2.82. The van der Waals surface area contributed by atoms with Crippen molar-refractivity contribution in [2.45, 2.75) is 31.8 Å². The van der Waals surface area contributed by atoms with Gasteiger partial charge in [-0.25, -0.2) is 0 Å². The van der Waals surface area contributed by atoms with E-state index in [0.717, 1.165) is 31.5 Å². The standard InChI is InChI=1S/C20H23N3O3/c1-13(24)21-15-5-3-4-14(10-15)18-8-9-19(26-18)20(25)23-11-16-6-7-17(12-23)22(16)2/h3-5,8-10,16-17H,6-7,11-12H2,1-2H3,(H,21,24). The minimum atomic E-state index is -0.123. The van der Waals surface area contributed by atoms with Crippen molar-refractivity contribution in [3.05, 3.63) is 42.2 Å². The Morgan fingerprint density at radius 3 is 2.54 bits per heavy atom. The van der Waals surface area contributed by atoms with Crippen LogP contribution in [0.1, 0.15) is 30.3 Å². The van der Waals surface area contributed by atoms with Crippen LogP contribution in [0.25, 0.3) is 11.3 Å². The van der Waals surface area contributed by atoms with Crippen LogP contribution < -0.4 is 5.32 Å². The van der Waals surface area contributed by atoms with Gasteiger partial charge in [0.25, 0.3) is 5.91 Å². The zero-order valence-corrected chi connectivity index (χ0v) is 15.1. The third kappa shape index (κ3) is 3.12. The normalized spacial score (nSPS) is 22.5. The number of piperazine rings is 1. The van der Waals surface area contributed by atoms with Crippen LogP contribution in [0, 0.1) is 0 Å². The average Bonchev–Trinajstić information content (AvgIpc) is 3.16. The lowest BCUT2D eigenvalue weighted by atomic mass is 10.1. The van der Waals surface area contributed by atoms with E-state index in [4.69, 9.17) is 4.42 Å². The van der Waals surface area contributed by atoms with Gasteiger partial charge in [-0.15, -0.1) is 0 Å². The van der Waals surface area contributed by atoms with Crippen LogP contribution in [0.4, 0.5) is 5.69 Å². The largest absolute Gasteiger partial charge is 0.451 e. The third-order valence-corrected chi connectivity index (χ3v) is 5.42. The summed E-state index contributed by atoms with van der Waals surface area (Å²) >= 11 is 0. The number of likely N-dealkylation sites (N-methyl/N-ethyl adjacent to an activating group) is 1. The van der Waals surface area contributed by atoms with E-state index in [9.17, 15) is 9.59 Å². The van der Waals surface area contributed by atoms with Crippen molar-refractivity contribution < 1.29 is 14.0 Å². The van der Waals surface area contributed by atoms with E-state index in [1.165, 1.54) is 6.92 Å². The Kier molecular flexibility index (Phi) is 4.28. The highest BCUT2D eigenvalue weighted by molar-refractivity contribution is 5.92. The molecule has 2 aliphatic heterocycles. The van der Waals surface area contributed by atoms with Crippen LogP contribution in [-0.4, -0.2) is 53.8 Å². The summed E-state index contributed by atoms with van der Waals surface area (Å²) in [6, 6.07) is 11.9. The molecule has 2 atom stereocenters. The van der Waals surface area contributed by atoms with Gasteiger partial charge in [0.1, 0.15) is 5.76 Å².